The maximum Gasteiger partial charge on any atom is 0.309 e. The molecule has 0 fully saturated rings. The van der Waals surface area contributed by atoms with E-state index in [1.165, 1.54) is 0 Å². The summed E-state index contributed by atoms with van der Waals surface area (Å²) in [6.07, 6.45) is 3.27. The molecule has 2 aromatic carbocycles. The summed E-state index contributed by atoms with van der Waals surface area (Å²) in [5, 5.41) is 0.515. The van der Waals surface area contributed by atoms with E-state index in [0.717, 1.165) is 12.0 Å². The Kier molecular flexibility index (Phi) is 9.89. The minimum absolute atomic E-state index is 0.121. The number of hydrogen-bond donors (Lipinski definition) is 0. The van der Waals surface area contributed by atoms with Crippen LogP contribution in [0.5, 0.6) is 5.75 Å². The van der Waals surface area contributed by atoms with E-state index in [1.807, 2.05) is 64.1 Å². The average molecular weight is 588 g/mol. The highest BCUT2D eigenvalue weighted by Gasteiger charge is 2.35. The summed E-state index contributed by atoms with van der Waals surface area (Å²) < 4.78 is 13.3. The highest BCUT2D eigenvalue weighted by Crippen LogP contribution is 2.36. The Labute approximate surface area is 252 Å². The van der Waals surface area contributed by atoms with Gasteiger partial charge in [-0.25, -0.2) is 0 Å². The van der Waals surface area contributed by atoms with Crippen LogP contribution < -0.4 is 4.74 Å². The van der Waals surface area contributed by atoms with Crippen LogP contribution in [0.25, 0.3) is 5.52 Å². The van der Waals surface area contributed by atoms with Crippen molar-refractivity contribution in [3.8, 4) is 5.75 Å². The Morgan fingerprint density at radius 1 is 0.952 bits per heavy atom. The number of carbonyl (C=O) groups excluding carboxylic acids is 3. The molecule has 1 atom stereocenters. The van der Waals surface area contributed by atoms with E-state index >= 15 is 0 Å². The average Bonchev–Trinajstić information content (AvgIpc) is 3.28. The number of rotatable bonds is 12. The van der Waals surface area contributed by atoms with Gasteiger partial charge in [-0.1, -0.05) is 76.0 Å². The third kappa shape index (κ3) is 6.93. The lowest BCUT2D eigenvalue weighted by molar-refractivity contribution is -0.148. The summed E-state index contributed by atoms with van der Waals surface area (Å²) in [6.45, 7) is 9.94. The van der Waals surface area contributed by atoms with Gasteiger partial charge in [0.2, 0.25) is 5.78 Å². The Morgan fingerprint density at radius 3 is 2.26 bits per heavy atom. The summed E-state index contributed by atoms with van der Waals surface area (Å²) in [4.78, 5) is 41.4. The summed E-state index contributed by atoms with van der Waals surface area (Å²) in [6, 6.07) is 20.1. The predicted octanol–water partition coefficient (Wildman–Crippen LogP) is 8.15. The van der Waals surface area contributed by atoms with Crippen molar-refractivity contribution in [2.75, 3.05) is 6.61 Å². The molecule has 4 aromatic rings. The molecule has 0 aliphatic carbocycles. The van der Waals surface area contributed by atoms with Crippen molar-refractivity contribution < 1.29 is 23.9 Å². The Balaban J connectivity index is 1.95. The van der Waals surface area contributed by atoms with Crippen molar-refractivity contribution in [3.63, 3.8) is 0 Å². The largest absolute Gasteiger partial charge is 0.489 e. The number of fused-ring (bicyclic) bond motifs is 1. The molecule has 0 spiro atoms. The maximum atomic E-state index is 14.2. The van der Waals surface area contributed by atoms with Crippen molar-refractivity contribution in [2.24, 2.45) is 11.3 Å². The second-order valence-corrected chi connectivity index (χ2v) is 11.9. The fourth-order valence-corrected chi connectivity index (χ4v) is 5.21. The molecule has 0 amide bonds. The second-order valence-electron chi connectivity index (χ2n) is 11.5. The molecular weight excluding hydrogens is 550 g/mol. The van der Waals surface area contributed by atoms with Crippen LogP contribution in [0.4, 0.5) is 0 Å². The predicted molar refractivity (Wildman–Crippen MR) is 166 cm³/mol. The second kappa shape index (κ2) is 13.4. The summed E-state index contributed by atoms with van der Waals surface area (Å²) in [5.41, 5.74) is 2.57. The molecule has 0 saturated heterocycles. The highest BCUT2D eigenvalue weighted by molar-refractivity contribution is 6.30. The zero-order chi connectivity index (χ0) is 30.4. The normalized spacial score (nSPS) is 12.2. The zero-order valence-electron chi connectivity index (χ0n) is 24.9. The molecule has 6 nitrogen and oxygen atoms in total. The molecule has 0 saturated carbocycles. The highest BCUT2D eigenvalue weighted by atomic mass is 35.5. The Morgan fingerprint density at radius 2 is 1.64 bits per heavy atom. The van der Waals surface area contributed by atoms with Crippen molar-refractivity contribution in [3.05, 3.63) is 106 Å². The lowest BCUT2D eigenvalue weighted by atomic mass is 9.82. The number of ketones is 2. The van der Waals surface area contributed by atoms with Crippen molar-refractivity contribution >= 4 is 34.7 Å². The number of Topliss-reactive ketones (excluding diaryl/α,β-unsaturated/α-hetero) is 1. The van der Waals surface area contributed by atoms with Crippen molar-refractivity contribution in [2.45, 2.75) is 60.5 Å². The van der Waals surface area contributed by atoms with Gasteiger partial charge in [-0.3, -0.25) is 14.4 Å². The van der Waals surface area contributed by atoms with Crippen LogP contribution in [-0.2, 0) is 22.6 Å². The molecule has 0 aliphatic heterocycles. The van der Waals surface area contributed by atoms with Gasteiger partial charge >= 0.3 is 5.97 Å². The molecule has 2 heterocycles. The van der Waals surface area contributed by atoms with E-state index in [0.29, 0.717) is 51.7 Å². The van der Waals surface area contributed by atoms with Gasteiger partial charge in [0, 0.05) is 33.8 Å². The number of nitrogens with zero attached hydrogens (tertiary/aromatic N) is 1. The van der Waals surface area contributed by atoms with Gasteiger partial charge in [0.05, 0.1) is 23.7 Å². The third-order valence-electron chi connectivity index (χ3n) is 7.20. The first-order valence-electron chi connectivity index (χ1n) is 14.4. The number of aromatic nitrogens is 1. The fourth-order valence-electron chi connectivity index (χ4n) is 5.09. The molecule has 0 aliphatic rings. The molecular formula is C35H38ClNO5. The van der Waals surface area contributed by atoms with E-state index in [1.54, 1.807) is 47.9 Å². The van der Waals surface area contributed by atoms with Gasteiger partial charge in [-0.2, -0.15) is 0 Å². The Hall–Kier alpha value is -3.90. The van der Waals surface area contributed by atoms with Crippen LogP contribution >= 0.6 is 11.6 Å². The molecule has 0 bridgehead atoms. The molecule has 1 unspecified atom stereocenters. The van der Waals surface area contributed by atoms with E-state index < -0.39 is 11.3 Å². The van der Waals surface area contributed by atoms with E-state index in [9.17, 15) is 14.4 Å². The van der Waals surface area contributed by atoms with Gasteiger partial charge < -0.3 is 13.9 Å². The standard InChI is InChI=1S/C35H38ClNO5/c1-6-11-25(34(40)41-7-2)20-28-30(33(39)35(3,4)5)29-21-27(42-22-23-12-9-8-10-13-23)18-19-37(29)31(28)32(38)24-14-16-26(36)17-15-24/h8-10,12-19,21,25H,6-7,11,20,22H2,1-5H3. The molecule has 7 heteroatoms. The summed E-state index contributed by atoms with van der Waals surface area (Å²) >= 11 is 6.12. The number of halogens is 1. The minimum Gasteiger partial charge on any atom is -0.489 e. The van der Waals surface area contributed by atoms with Crippen LogP contribution in [0.15, 0.2) is 72.9 Å². The number of pyridine rings is 1. The van der Waals surface area contributed by atoms with Gasteiger partial charge in [0.25, 0.3) is 0 Å². The van der Waals surface area contributed by atoms with Crippen LogP contribution in [0.1, 0.15) is 85.0 Å². The maximum absolute atomic E-state index is 14.2. The molecule has 220 valence electrons. The van der Waals surface area contributed by atoms with Gasteiger partial charge in [-0.05, 0) is 61.2 Å². The fraction of sp³-hybridized carbons (Fsp3) is 0.343. The monoisotopic (exact) mass is 587 g/mol. The van der Waals surface area contributed by atoms with Crippen LogP contribution in [0.2, 0.25) is 5.02 Å². The van der Waals surface area contributed by atoms with Gasteiger partial charge in [0.15, 0.2) is 5.78 Å². The number of benzene rings is 2. The van der Waals surface area contributed by atoms with Crippen molar-refractivity contribution in [1.29, 1.82) is 0 Å². The summed E-state index contributed by atoms with van der Waals surface area (Å²) in [7, 11) is 0. The summed E-state index contributed by atoms with van der Waals surface area (Å²) in [5.74, 6) is -0.657. The van der Waals surface area contributed by atoms with Gasteiger partial charge in [-0.15, -0.1) is 0 Å². The van der Waals surface area contributed by atoms with Crippen molar-refractivity contribution in [1.82, 2.24) is 4.40 Å². The molecule has 2 aromatic heterocycles. The Bertz CT molecular complexity index is 1570. The smallest absolute Gasteiger partial charge is 0.309 e. The van der Waals surface area contributed by atoms with Crippen LogP contribution in [0.3, 0.4) is 0 Å². The van der Waals surface area contributed by atoms with E-state index in [2.05, 4.69) is 0 Å². The first-order valence-corrected chi connectivity index (χ1v) is 14.8. The van der Waals surface area contributed by atoms with Crippen LogP contribution in [-0.4, -0.2) is 28.5 Å². The SMILES string of the molecule is CCCC(Cc1c(C(=O)C(C)(C)C)c2cc(OCc3ccccc3)ccn2c1C(=O)c1ccc(Cl)cc1)C(=O)OCC. The molecule has 0 radical (unpaired) electrons. The van der Waals surface area contributed by atoms with E-state index in [-0.39, 0.29) is 30.6 Å². The third-order valence-corrected chi connectivity index (χ3v) is 7.45. The quantitative estimate of drug-likeness (QED) is 0.123. The lowest BCUT2D eigenvalue weighted by Gasteiger charge is -2.20. The van der Waals surface area contributed by atoms with Crippen LogP contribution in [0, 0.1) is 11.3 Å². The number of ether oxygens (including phenoxy) is 2. The first kappa shape index (κ1) is 31.0. The van der Waals surface area contributed by atoms with E-state index in [4.69, 9.17) is 21.1 Å². The topological polar surface area (TPSA) is 74.1 Å². The van der Waals surface area contributed by atoms with Gasteiger partial charge in [0.1, 0.15) is 12.4 Å². The molecule has 4 rings (SSSR count). The molecule has 0 N–H and O–H groups in total. The number of hydrogen-bond acceptors (Lipinski definition) is 5. The molecule has 42 heavy (non-hydrogen) atoms. The lowest BCUT2D eigenvalue weighted by Crippen LogP contribution is -2.25. The number of esters is 1. The minimum atomic E-state index is -0.748. The zero-order valence-corrected chi connectivity index (χ0v) is 25.7. The first-order chi connectivity index (χ1) is 20.0. The number of carbonyl (C=O) groups is 3.